The molecule has 0 amide bonds. The van der Waals surface area contributed by atoms with E-state index in [4.69, 9.17) is 9.26 Å². The highest BCUT2D eigenvalue weighted by atomic mass is 32.2. The fourth-order valence-electron chi connectivity index (χ4n) is 3.54. The van der Waals surface area contributed by atoms with Crippen LogP contribution in [0.5, 0.6) is 0 Å². The summed E-state index contributed by atoms with van der Waals surface area (Å²) >= 11 is 0. The van der Waals surface area contributed by atoms with Crippen molar-refractivity contribution in [1.82, 2.24) is 5.16 Å². The molecule has 4 rings (SSSR count). The van der Waals surface area contributed by atoms with Crippen molar-refractivity contribution in [2.45, 2.75) is 51.0 Å². The number of nitrogens with zero attached hydrogens (tertiary/aromatic N) is 3. The monoisotopic (exact) mass is 403 g/mol. The summed E-state index contributed by atoms with van der Waals surface area (Å²) in [5, 5.41) is 3.82. The third kappa shape index (κ3) is 3.30. The van der Waals surface area contributed by atoms with Crippen LogP contribution in [0, 0.1) is 13.8 Å². The van der Waals surface area contributed by atoms with Crippen LogP contribution in [0.3, 0.4) is 0 Å². The van der Waals surface area contributed by atoms with Crippen LogP contribution in [-0.4, -0.2) is 31.9 Å². The minimum absolute atomic E-state index is 0.0122. The molecule has 28 heavy (non-hydrogen) atoms. The van der Waals surface area contributed by atoms with E-state index in [1.165, 1.54) is 6.07 Å². The molecule has 0 radical (unpaired) electrons. The molecule has 1 saturated heterocycles. The van der Waals surface area contributed by atoms with Gasteiger partial charge >= 0.3 is 5.97 Å². The highest BCUT2D eigenvalue weighted by molar-refractivity contribution is 7.90. The molecular weight excluding hydrogens is 382 g/mol. The molecule has 1 fully saturated rings. The van der Waals surface area contributed by atoms with Crippen molar-refractivity contribution in [2.24, 2.45) is 4.40 Å². The molecule has 0 bridgehead atoms. The lowest BCUT2D eigenvalue weighted by Gasteiger charge is -2.29. The zero-order valence-corrected chi connectivity index (χ0v) is 16.6. The van der Waals surface area contributed by atoms with Gasteiger partial charge in [0.1, 0.15) is 23.1 Å². The second-order valence-electron chi connectivity index (χ2n) is 7.01. The fourth-order valence-corrected chi connectivity index (χ4v) is 4.82. The van der Waals surface area contributed by atoms with Gasteiger partial charge in [-0.1, -0.05) is 11.6 Å². The van der Waals surface area contributed by atoms with E-state index in [1.807, 2.05) is 4.90 Å². The molecule has 0 aliphatic carbocycles. The first-order valence-corrected chi connectivity index (χ1v) is 10.6. The second kappa shape index (κ2) is 7.05. The number of aryl methyl sites for hydroxylation is 2. The van der Waals surface area contributed by atoms with Gasteiger partial charge in [0.25, 0.3) is 10.0 Å². The second-order valence-corrected chi connectivity index (χ2v) is 8.58. The molecule has 2 aliphatic heterocycles. The zero-order valence-electron chi connectivity index (χ0n) is 15.8. The molecule has 148 valence electrons. The summed E-state index contributed by atoms with van der Waals surface area (Å²) in [6.07, 6.45) is 3.57. The number of amidine groups is 1. The van der Waals surface area contributed by atoms with Crippen LogP contribution in [-0.2, 0) is 21.4 Å². The van der Waals surface area contributed by atoms with Gasteiger partial charge in [-0.2, -0.15) is 8.42 Å². The smallest absolute Gasteiger partial charge is 0.338 e. The van der Waals surface area contributed by atoms with Gasteiger partial charge in [0.2, 0.25) is 0 Å². The van der Waals surface area contributed by atoms with Crippen molar-refractivity contribution in [1.29, 1.82) is 0 Å². The standard InChI is InChI=1S/C19H21N3O5S/c1-12-15(13(2)27-20-12)11-26-19(23)14-7-8-16-17(10-14)28(24,25)21-18-6-4-3-5-9-22(16)18/h7-8,10H,3-6,9,11H2,1-2H3. The quantitative estimate of drug-likeness (QED) is 0.726. The molecule has 1 aromatic heterocycles. The number of benzene rings is 1. The topological polar surface area (TPSA) is 102 Å². The van der Waals surface area contributed by atoms with Crippen LogP contribution in [0.4, 0.5) is 5.69 Å². The van der Waals surface area contributed by atoms with Gasteiger partial charge in [0.15, 0.2) is 0 Å². The first-order valence-electron chi connectivity index (χ1n) is 9.21. The predicted molar refractivity (Wildman–Crippen MR) is 102 cm³/mol. The highest BCUT2D eigenvalue weighted by Gasteiger charge is 2.32. The summed E-state index contributed by atoms with van der Waals surface area (Å²) in [7, 11) is -3.84. The van der Waals surface area contributed by atoms with E-state index < -0.39 is 16.0 Å². The summed E-state index contributed by atoms with van der Waals surface area (Å²) in [4.78, 5) is 14.5. The third-order valence-electron chi connectivity index (χ3n) is 5.11. The zero-order chi connectivity index (χ0) is 19.9. The molecule has 0 unspecified atom stereocenters. The maximum Gasteiger partial charge on any atom is 0.338 e. The summed E-state index contributed by atoms with van der Waals surface area (Å²) < 4.78 is 39.7. The molecule has 2 aromatic rings. The first-order chi connectivity index (χ1) is 13.4. The SMILES string of the molecule is Cc1noc(C)c1COC(=O)c1ccc2c(c1)S(=O)(=O)N=C1CCCCCN12. The van der Waals surface area contributed by atoms with Crippen LogP contribution >= 0.6 is 0 Å². The number of fused-ring (bicyclic) bond motifs is 3. The first kappa shape index (κ1) is 18.7. The lowest BCUT2D eigenvalue weighted by atomic mass is 10.1. The number of aromatic nitrogens is 1. The van der Waals surface area contributed by atoms with E-state index in [9.17, 15) is 13.2 Å². The molecule has 9 heteroatoms. The summed E-state index contributed by atoms with van der Waals surface area (Å²) in [6.45, 7) is 4.24. The Morgan fingerprint density at radius 3 is 2.82 bits per heavy atom. The minimum atomic E-state index is -3.84. The normalized spacial score (nSPS) is 17.9. The van der Waals surface area contributed by atoms with Gasteiger partial charge < -0.3 is 14.2 Å². The number of ether oxygens (including phenoxy) is 1. The van der Waals surface area contributed by atoms with Gasteiger partial charge in [-0.25, -0.2) is 4.79 Å². The van der Waals surface area contributed by atoms with Crippen molar-refractivity contribution < 1.29 is 22.5 Å². The molecule has 1 aromatic carbocycles. The van der Waals surface area contributed by atoms with Crippen molar-refractivity contribution in [3.63, 3.8) is 0 Å². The van der Waals surface area contributed by atoms with Crippen LogP contribution in [0.15, 0.2) is 32.0 Å². The molecular formula is C19H21N3O5S. The number of anilines is 1. The largest absolute Gasteiger partial charge is 0.457 e. The fraction of sp³-hybridized carbons (Fsp3) is 0.421. The Hall–Kier alpha value is -2.68. The number of hydrogen-bond acceptors (Lipinski definition) is 7. The Bertz CT molecular complexity index is 1050. The molecule has 0 saturated carbocycles. The maximum absolute atomic E-state index is 12.7. The number of carbonyl (C=O) groups is 1. The summed E-state index contributed by atoms with van der Waals surface area (Å²) in [5.74, 6) is 0.559. The molecule has 0 N–H and O–H groups in total. The van der Waals surface area contributed by atoms with Gasteiger partial charge in [0, 0.05) is 13.0 Å². The van der Waals surface area contributed by atoms with Crippen LogP contribution in [0.1, 0.15) is 53.1 Å². The molecule has 3 heterocycles. The van der Waals surface area contributed by atoms with Crippen molar-refractivity contribution in [3.05, 3.63) is 40.8 Å². The minimum Gasteiger partial charge on any atom is -0.457 e. The third-order valence-corrected chi connectivity index (χ3v) is 6.45. The number of esters is 1. The summed E-state index contributed by atoms with van der Waals surface area (Å²) in [6, 6.07) is 4.61. The van der Waals surface area contributed by atoms with E-state index in [1.54, 1.807) is 26.0 Å². The van der Waals surface area contributed by atoms with Gasteiger partial charge in [0.05, 0.1) is 22.5 Å². The lowest BCUT2D eigenvalue weighted by molar-refractivity contribution is 0.0470. The Morgan fingerprint density at radius 2 is 2.07 bits per heavy atom. The Balaban J connectivity index is 1.61. The van der Waals surface area contributed by atoms with Crippen molar-refractivity contribution >= 4 is 27.5 Å². The predicted octanol–water partition coefficient (Wildman–Crippen LogP) is 3.13. The lowest BCUT2D eigenvalue weighted by Crippen LogP contribution is -2.35. The number of hydrogen-bond donors (Lipinski definition) is 0. The van der Waals surface area contributed by atoms with Crippen molar-refractivity contribution in [3.8, 4) is 0 Å². The van der Waals surface area contributed by atoms with Crippen LogP contribution < -0.4 is 4.90 Å². The average molecular weight is 403 g/mol. The highest BCUT2D eigenvalue weighted by Crippen LogP contribution is 2.35. The van der Waals surface area contributed by atoms with Gasteiger partial charge in [-0.05, 0) is 44.9 Å². The van der Waals surface area contributed by atoms with Crippen LogP contribution in [0.25, 0.3) is 0 Å². The number of sulfonamides is 1. The molecule has 2 aliphatic rings. The maximum atomic E-state index is 12.7. The molecule has 8 nitrogen and oxygen atoms in total. The van der Waals surface area contributed by atoms with Gasteiger partial charge in [-0.15, -0.1) is 4.40 Å². The Morgan fingerprint density at radius 1 is 1.25 bits per heavy atom. The van der Waals surface area contributed by atoms with Gasteiger partial charge in [-0.3, -0.25) is 0 Å². The van der Waals surface area contributed by atoms with Crippen LogP contribution in [0.2, 0.25) is 0 Å². The summed E-state index contributed by atoms with van der Waals surface area (Å²) in [5.41, 5.74) is 2.11. The van der Waals surface area contributed by atoms with E-state index in [0.29, 0.717) is 35.0 Å². The van der Waals surface area contributed by atoms with Crippen molar-refractivity contribution in [2.75, 3.05) is 11.4 Å². The van der Waals surface area contributed by atoms with E-state index in [2.05, 4.69) is 9.55 Å². The number of rotatable bonds is 3. The molecule has 0 atom stereocenters. The Labute approximate surface area is 163 Å². The number of carbonyl (C=O) groups excluding carboxylic acids is 1. The molecule has 0 spiro atoms. The van der Waals surface area contributed by atoms with E-state index in [0.717, 1.165) is 25.8 Å². The Kier molecular flexibility index (Phi) is 4.70. The average Bonchev–Trinajstić information content (AvgIpc) is 2.84. The van der Waals surface area contributed by atoms with E-state index in [-0.39, 0.29) is 17.1 Å². The van der Waals surface area contributed by atoms with E-state index >= 15 is 0 Å².